The lowest BCUT2D eigenvalue weighted by Gasteiger charge is -1.94. The summed E-state index contributed by atoms with van der Waals surface area (Å²) in [4.78, 5) is 14.8. The lowest BCUT2D eigenvalue weighted by Crippen LogP contribution is -2.01. The van der Waals surface area contributed by atoms with Crippen LogP contribution < -0.4 is 0 Å². The molecule has 0 bridgehead atoms. The molecule has 1 rings (SSSR count). The molecule has 0 heterocycles. The van der Waals surface area contributed by atoms with Crippen molar-refractivity contribution >= 4 is 12.2 Å². The van der Waals surface area contributed by atoms with E-state index in [4.69, 9.17) is 0 Å². The summed E-state index contributed by atoms with van der Waals surface area (Å²) >= 11 is 0. The van der Waals surface area contributed by atoms with E-state index in [1.807, 2.05) is 30.3 Å². The molecule has 0 amide bonds. The predicted octanol–water partition coefficient (Wildman–Crippen LogP) is 1.67. The van der Waals surface area contributed by atoms with Gasteiger partial charge in [-0.2, -0.15) is 0 Å². The first-order valence-electron chi connectivity index (χ1n) is 4.44. The van der Waals surface area contributed by atoms with Crippen LogP contribution in [0.2, 0.25) is 0 Å². The molecule has 0 saturated carbocycles. The SMILES string of the molecule is COC(=O)CCN=Cc1ccccc1. The summed E-state index contributed by atoms with van der Waals surface area (Å²) in [6.07, 6.45) is 2.09. The molecule has 0 spiro atoms. The van der Waals surface area contributed by atoms with Crippen LogP contribution in [0.3, 0.4) is 0 Å². The molecule has 3 nitrogen and oxygen atoms in total. The van der Waals surface area contributed by atoms with Crippen LogP contribution in [0.4, 0.5) is 0 Å². The Morgan fingerprint density at radius 3 is 2.79 bits per heavy atom. The van der Waals surface area contributed by atoms with Gasteiger partial charge in [-0.1, -0.05) is 30.3 Å². The summed E-state index contributed by atoms with van der Waals surface area (Å²) in [6.45, 7) is 0.474. The number of carbonyl (C=O) groups excluding carboxylic acids is 1. The number of aliphatic imine (C=N–C) groups is 1. The summed E-state index contributed by atoms with van der Waals surface area (Å²) < 4.78 is 4.49. The molecule has 14 heavy (non-hydrogen) atoms. The number of hydrogen-bond donors (Lipinski definition) is 0. The third-order valence-electron chi connectivity index (χ3n) is 1.71. The summed E-state index contributed by atoms with van der Waals surface area (Å²) in [5, 5.41) is 0. The second-order valence-electron chi connectivity index (χ2n) is 2.77. The second kappa shape index (κ2) is 5.91. The number of carbonyl (C=O) groups is 1. The Labute approximate surface area is 83.4 Å². The maximum atomic E-state index is 10.7. The van der Waals surface area contributed by atoms with E-state index in [-0.39, 0.29) is 5.97 Å². The van der Waals surface area contributed by atoms with Crippen LogP contribution in [-0.2, 0) is 9.53 Å². The fraction of sp³-hybridized carbons (Fsp3) is 0.273. The van der Waals surface area contributed by atoms with E-state index < -0.39 is 0 Å². The monoisotopic (exact) mass is 191 g/mol. The highest BCUT2D eigenvalue weighted by atomic mass is 16.5. The van der Waals surface area contributed by atoms with E-state index in [1.54, 1.807) is 6.21 Å². The van der Waals surface area contributed by atoms with Crippen LogP contribution in [0.5, 0.6) is 0 Å². The molecule has 0 atom stereocenters. The van der Waals surface area contributed by atoms with Gasteiger partial charge in [0.1, 0.15) is 0 Å². The summed E-state index contributed by atoms with van der Waals surface area (Å²) in [5.41, 5.74) is 1.04. The smallest absolute Gasteiger partial charge is 0.307 e. The zero-order valence-corrected chi connectivity index (χ0v) is 8.14. The van der Waals surface area contributed by atoms with Crippen molar-refractivity contribution in [3.8, 4) is 0 Å². The van der Waals surface area contributed by atoms with Crippen molar-refractivity contribution in [1.82, 2.24) is 0 Å². The maximum absolute atomic E-state index is 10.7. The minimum absolute atomic E-state index is 0.227. The molecule has 0 aromatic heterocycles. The van der Waals surface area contributed by atoms with Gasteiger partial charge < -0.3 is 4.74 Å². The van der Waals surface area contributed by atoms with E-state index in [2.05, 4.69) is 9.73 Å². The molecule has 0 saturated heterocycles. The van der Waals surface area contributed by atoms with Crippen LogP contribution in [0, 0.1) is 0 Å². The van der Waals surface area contributed by atoms with Crippen LogP contribution in [0.1, 0.15) is 12.0 Å². The van der Waals surface area contributed by atoms with E-state index >= 15 is 0 Å². The van der Waals surface area contributed by atoms with Gasteiger partial charge in [-0.3, -0.25) is 9.79 Å². The van der Waals surface area contributed by atoms with Crippen molar-refractivity contribution < 1.29 is 9.53 Å². The number of ether oxygens (including phenoxy) is 1. The molecule has 0 aliphatic rings. The van der Waals surface area contributed by atoms with Crippen molar-refractivity contribution in [2.45, 2.75) is 6.42 Å². The van der Waals surface area contributed by atoms with Crippen LogP contribution >= 0.6 is 0 Å². The van der Waals surface area contributed by atoms with Gasteiger partial charge >= 0.3 is 5.97 Å². The van der Waals surface area contributed by atoms with Crippen molar-refractivity contribution in [3.05, 3.63) is 35.9 Å². The molecule has 0 aliphatic carbocycles. The zero-order valence-electron chi connectivity index (χ0n) is 8.14. The maximum Gasteiger partial charge on any atom is 0.307 e. The first-order valence-corrected chi connectivity index (χ1v) is 4.44. The molecular formula is C11H13NO2. The van der Waals surface area contributed by atoms with Gasteiger partial charge in [0.05, 0.1) is 13.5 Å². The minimum atomic E-state index is -0.227. The van der Waals surface area contributed by atoms with Crippen molar-refractivity contribution in [2.75, 3.05) is 13.7 Å². The quantitative estimate of drug-likeness (QED) is 0.536. The molecular weight excluding hydrogens is 178 g/mol. The third-order valence-corrected chi connectivity index (χ3v) is 1.71. The minimum Gasteiger partial charge on any atom is -0.469 e. The largest absolute Gasteiger partial charge is 0.469 e. The van der Waals surface area contributed by atoms with Gasteiger partial charge in [-0.05, 0) is 5.56 Å². The molecule has 0 aliphatic heterocycles. The second-order valence-corrected chi connectivity index (χ2v) is 2.77. The van der Waals surface area contributed by atoms with Crippen LogP contribution in [0.25, 0.3) is 0 Å². The molecule has 0 unspecified atom stereocenters. The van der Waals surface area contributed by atoms with Crippen molar-refractivity contribution in [2.24, 2.45) is 4.99 Å². The Bertz CT molecular complexity index is 306. The molecule has 0 fully saturated rings. The van der Waals surface area contributed by atoms with Gasteiger partial charge in [0.25, 0.3) is 0 Å². The average molecular weight is 191 g/mol. The van der Waals surface area contributed by atoms with Gasteiger partial charge in [-0.25, -0.2) is 0 Å². The number of esters is 1. The summed E-state index contributed by atoms with van der Waals surface area (Å²) in [5.74, 6) is -0.227. The Hall–Kier alpha value is -1.64. The molecule has 0 N–H and O–H groups in total. The fourth-order valence-electron chi connectivity index (χ4n) is 0.967. The average Bonchev–Trinajstić information content (AvgIpc) is 2.25. The van der Waals surface area contributed by atoms with Gasteiger partial charge in [0.15, 0.2) is 0 Å². The highest BCUT2D eigenvalue weighted by Crippen LogP contribution is 1.94. The number of rotatable bonds is 4. The summed E-state index contributed by atoms with van der Waals surface area (Å²) in [7, 11) is 1.38. The lowest BCUT2D eigenvalue weighted by atomic mass is 10.2. The predicted molar refractivity (Wildman–Crippen MR) is 55.5 cm³/mol. The standard InChI is InChI=1S/C11H13NO2/c1-14-11(13)7-8-12-9-10-5-3-2-4-6-10/h2-6,9H,7-8H2,1H3. The van der Waals surface area contributed by atoms with Crippen molar-refractivity contribution in [1.29, 1.82) is 0 Å². The van der Waals surface area contributed by atoms with Gasteiger partial charge in [0, 0.05) is 12.8 Å². The van der Waals surface area contributed by atoms with Gasteiger partial charge in [-0.15, -0.1) is 0 Å². The molecule has 1 aromatic carbocycles. The number of methoxy groups -OCH3 is 1. The lowest BCUT2D eigenvalue weighted by molar-refractivity contribution is -0.140. The number of nitrogens with zero attached hydrogens (tertiary/aromatic N) is 1. The zero-order chi connectivity index (χ0) is 10.2. The molecule has 0 radical (unpaired) electrons. The highest BCUT2D eigenvalue weighted by molar-refractivity contribution is 5.79. The molecule has 74 valence electrons. The van der Waals surface area contributed by atoms with Crippen LogP contribution in [0.15, 0.2) is 35.3 Å². The molecule has 3 heteroatoms. The number of benzene rings is 1. The van der Waals surface area contributed by atoms with Gasteiger partial charge in [0.2, 0.25) is 0 Å². The highest BCUT2D eigenvalue weighted by Gasteiger charge is 1.96. The Morgan fingerprint density at radius 2 is 2.14 bits per heavy atom. The van der Waals surface area contributed by atoms with E-state index in [9.17, 15) is 4.79 Å². The third kappa shape index (κ3) is 3.85. The first kappa shape index (κ1) is 10.4. The van der Waals surface area contributed by atoms with Crippen LogP contribution in [-0.4, -0.2) is 25.8 Å². The Balaban J connectivity index is 2.31. The Kier molecular flexibility index (Phi) is 4.41. The van der Waals surface area contributed by atoms with E-state index in [1.165, 1.54) is 7.11 Å². The summed E-state index contributed by atoms with van der Waals surface area (Å²) in [6, 6.07) is 9.76. The first-order chi connectivity index (χ1) is 6.83. The normalized spacial score (nSPS) is 10.4. The number of hydrogen-bond acceptors (Lipinski definition) is 3. The Morgan fingerprint density at radius 1 is 1.43 bits per heavy atom. The molecule has 1 aromatic rings. The van der Waals surface area contributed by atoms with E-state index in [0.29, 0.717) is 13.0 Å². The topological polar surface area (TPSA) is 38.7 Å². The van der Waals surface area contributed by atoms with E-state index in [0.717, 1.165) is 5.56 Å². The fourth-order valence-corrected chi connectivity index (χ4v) is 0.967. The van der Waals surface area contributed by atoms with Crippen molar-refractivity contribution in [3.63, 3.8) is 0 Å².